The zero-order valence-corrected chi connectivity index (χ0v) is 12.9. The van der Waals surface area contributed by atoms with Gasteiger partial charge in [-0.3, -0.25) is 9.69 Å². The van der Waals surface area contributed by atoms with Gasteiger partial charge in [0.25, 0.3) is 0 Å². The van der Waals surface area contributed by atoms with E-state index in [2.05, 4.69) is 22.3 Å². The standard InChI is InChI=1S/C16H25N3O2/c1-18(12-16(20)19-10-8-17-9-11-19)15(13-21-2)14-6-4-3-5-7-14/h3-7,15,17H,8-13H2,1-2H3. The minimum absolute atomic E-state index is 0.100. The molecule has 1 aromatic rings. The Kier molecular flexibility index (Phi) is 6.17. The molecule has 1 unspecified atom stereocenters. The van der Waals surface area contributed by atoms with Crippen LogP contribution in [-0.4, -0.2) is 69.2 Å². The summed E-state index contributed by atoms with van der Waals surface area (Å²) in [6.45, 7) is 4.36. The molecule has 5 heteroatoms. The van der Waals surface area contributed by atoms with Gasteiger partial charge in [-0.25, -0.2) is 0 Å². The smallest absolute Gasteiger partial charge is 0.236 e. The third-order valence-corrected chi connectivity index (χ3v) is 3.90. The number of hydrogen-bond donors (Lipinski definition) is 1. The van der Waals surface area contributed by atoms with Crippen LogP contribution in [0.3, 0.4) is 0 Å². The first-order valence-corrected chi connectivity index (χ1v) is 7.45. The zero-order valence-electron chi connectivity index (χ0n) is 12.9. The molecule has 0 bridgehead atoms. The van der Waals surface area contributed by atoms with E-state index < -0.39 is 0 Å². The normalized spacial score (nSPS) is 17.0. The number of nitrogens with zero attached hydrogens (tertiary/aromatic N) is 2. The van der Waals surface area contributed by atoms with Gasteiger partial charge in [-0.2, -0.15) is 0 Å². The Labute approximate surface area is 126 Å². The maximum atomic E-state index is 12.4. The number of carbonyl (C=O) groups is 1. The number of piperazine rings is 1. The Balaban J connectivity index is 1.98. The van der Waals surface area contributed by atoms with Gasteiger partial charge in [0.1, 0.15) is 0 Å². The number of hydrogen-bond acceptors (Lipinski definition) is 4. The Hall–Kier alpha value is -1.43. The predicted octanol–water partition coefficient (Wildman–Crippen LogP) is 0.738. The van der Waals surface area contributed by atoms with Crippen LogP contribution in [0.1, 0.15) is 11.6 Å². The van der Waals surface area contributed by atoms with Gasteiger partial charge < -0.3 is 15.0 Å². The summed E-state index contributed by atoms with van der Waals surface area (Å²) in [5.74, 6) is 0.191. The molecule has 116 valence electrons. The molecule has 1 atom stereocenters. The van der Waals surface area contributed by atoms with Crippen LogP contribution in [-0.2, 0) is 9.53 Å². The van der Waals surface area contributed by atoms with Gasteiger partial charge in [-0.05, 0) is 12.6 Å². The lowest BCUT2D eigenvalue weighted by atomic mass is 10.1. The van der Waals surface area contributed by atoms with Gasteiger partial charge in [-0.15, -0.1) is 0 Å². The fourth-order valence-corrected chi connectivity index (χ4v) is 2.65. The monoisotopic (exact) mass is 291 g/mol. The van der Waals surface area contributed by atoms with E-state index in [9.17, 15) is 4.79 Å². The van der Waals surface area contributed by atoms with Crippen molar-refractivity contribution < 1.29 is 9.53 Å². The van der Waals surface area contributed by atoms with Crippen molar-refractivity contribution in [3.05, 3.63) is 35.9 Å². The van der Waals surface area contributed by atoms with Crippen LogP contribution in [0.15, 0.2) is 30.3 Å². The van der Waals surface area contributed by atoms with Crippen molar-refractivity contribution in [3.8, 4) is 0 Å². The molecule has 1 aromatic carbocycles. The van der Waals surface area contributed by atoms with E-state index in [4.69, 9.17) is 4.74 Å². The molecule has 1 aliphatic rings. The number of nitrogens with one attached hydrogen (secondary N) is 1. The zero-order chi connectivity index (χ0) is 15.1. The molecule has 1 amide bonds. The average Bonchev–Trinajstić information content (AvgIpc) is 2.54. The molecular formula is C16H25N3O2. The van der Waals surface area contributed by atoms with E-state index in [1.165, 1.54) is 5.56 Å². The van der Waals surface area contributed by atoms with Crippen LogP contribution in [0.25, 0.3) is 0 Å². The molecular weight excluding hydrogens is 266 g/mol. The van der Waals surface area contributed by atoms with E-state index in [1.807, 2.05) is 30.1 Å². The number of ether oxygens (including phenoxy) is 1. The van der Waals surface area contributed by atoms with E-state index in [1.54, 1.807) is 7.11 Å². The SMILES string of the molecule is COCC(c1ccccc1)N(C)CC(=O)N1CCNCC1. The summed E-state index contributed by atoms with van der Waals surface area (Å²) in [7, 11) is 3.68. The predicted molar refractivity (Wildman–Crippen MR) is 83.1 cm³/mol. The van der Waals surface area contributed by atoms with Crippen molar-refractivity contribution in [2.45, 2.75) is 6.04 Å². The summed E-state index contributed by atoms with van der Waals surface area (Å²) in [6, 6.07) is 10.3. The number of methoxy groups -OCH3 is 1. The molecule has 0 aliphatic carbocycles. The molecule has 0 spiro atoms. The van der Waals surface area contributed by atoms with E-state index >= 15 is 0 Å². The highest BCUT2D eigenvalue weighted by atomic mass is 16.5. The molecule has 1 heterocycles. The topological polar surface area (TPSA) is 44.8 Å². The summed E-state index contributed by atoms with van der Waals surface area (Å²) in [5.41, 5.74) is 1.18. The maximum absolute atomic E-state index is 12.4. The van der Waals surface area contributed by atoms with Crippen molar-refractivity contribution >= 4 is 5.91 Å². The lowest BCUT2D eigenvalue weighted by Crippen LogP contribution is -2.49. The Morgan fingerprint density at radius 2 is 2.00 bits per heavy atom. The second-order valence-corrected chi connectivity index (χ2v) is 5.43. The summed E-state index contributed by atoms with van der Waals surface area (Å²) in [6.07, 6.45) is 0. The third-order valence-electron chi connectivity index (χ3n) is 3.90. The van der Waals surface area contributed by atoms with E-state index in [-0.39, 0.29) is 11.9 Å². The minimum Gasteiger partial charge on any atom is -0.383 e. The fraction of sp³-hybridized carbons (Fsp3) is 0.562. The molecule has 1 aliphatic heterocycles. The lowest BCUT2D eigenvalue weighted by molar-refractivity contribution is -0.133. The largest absolute Gasteiger partial charge is 0.383 e. The Bertz CT molecular complexity index is 432. The third kappa shape index (κ3) is 4.52. The molecule has 0 saturated carbocycles. The first-order chi connectivity index (χ1) is 10.2. The van der Waals surface area contributed by atoms with Crippen molar-refractivity contribution in [3.63, 3.8) is 0 Å². The Morgan fingerprint density at radius 3 is 2.62 bits per heavy atom. The van der Waals surface area contributed by atoms with Gasteiger partial charge in [0, 0.05) is 33.3 Å². The number of rotatable bonds is 6. The Morgan fingerprint density at radius 1 is 1.33 bits per heavy atom. The molecule has 1 saturated heterocycles. The highest BCUT2D eigenvalue weighted by molar-refractivity contribution is 5.78. The maximum Gasteiger partial charge on any atom is 0.236 e. The summed E-state index contributed by atoms with van der Waals surface area (Å²) < 4.78 is 5.33. The van der Waals surface area contributed by atoms with E-state index in [0.717, 1.165) is 26.2 Å². The van der Waals surface area contributed by atoms with Crippen molar-refractivity contribution in [1.29, 1.82) is 0 Å². The summed E-state index contributed by atoms with van der Waals surface area (Å²) in [4.78, 5) is 16.4. The number of carbonyl (C=O) groups excluding carboxylic acids is 1. The van der Waals surface area contributed by atoms with Crippen LogP contribution < -0.4 is 5.32 Å². The van der Waals surface area contributed by atoms with Gasteiger partial charge in [0.2, 0.25) is 5.91 Å². The molecule has 1 fully saturated rings. The minimum atomic E-state index is 0.100. The fourth-order valence-electron chi connectivity index (χ4n) is 2.65. The van der Waals surface area contributed by atoms with Crippen molar-refractivity contribution in [2.24, 2.45) is 0 Å². The van der Waals surface area contributed by atoms with Crippen LogP contribution in [0, 0.1) is 0 Å². The lowest BCUT2D eigenvalue weighted by Gasteiger charge is -2.32. The van der Waals surface area contributed by atoms with Gasteiger partial charge in [-0.1, -0.05) is 30.3 Å². The van der Waals surface area contributed by atoms with E-state index in [0.29, 0.717) is 13.2 Å². The summed E-state index contributed by atoms with van der Waals surface area (Å²) >= 11 is 0. The number of amides is 1. The van der Waals surface area contributed by atoms with Crippen LogP contribution in [0.4, 0.5) is 0 Å². The average molecular weight is 291 g/mol. The summed E-state index contributed by atoms with van der Waals surface area (Å²) in [5, 5.41) is 3.26. The van der Waals surface area contributed by atoms with Gasteiger partial charge >= 0.3 is 0 Å². The first-order valence-electron chi connectivity index (χ1n) is 7.45. The highest BCUT2D eigenvalue weighted by Gasteiger charge is 2.22. The second kappa shape index (κ2) is 8.12. The molecule has 1 N–H and O–H groups in total. The number of benzene rings is 1. The number of likely N-dealkylation sites (N-methyl/N-ethyl adjacent to an activating group) is 1. The second-order valence-electron chi connectivity index (χ2n) is 5.43. The molecule has 21 heavy (non-hydrogen) atoms. The quantitative estimate of drug-likeness (QED) is 0.839. The molecule has 0 radical (unpaired) electrons. The molecule has 5 nitrogen and oxygen atoms in total. The van der Waals surface area contributed by atoms with Gasteiger partial charge in [0.15, 0.2) is 0 Å². The van der Waals surface area contributed by atoms with Gasteiger partial charge in [0.05, 0.1) is 19.2 Å². The van der Waals surface area contributed by atoms with Crippen LogP contribution >= 0.6 is 0 Å². The van der Waals surface area contributed by atoms with Crippen LogP contribution in [0.2, 0.25) is 0 Å². The molecule has 0 aromatic heterocycles. The van der Waals surface area contributed by atoms with Crippen molar-refractivity contribution in [2.75, 3.05) is 53.5 Å². The first kappa shape index (κ1) is 15.9. The molecule has 2 rings (SSSR count). The van der Waals surface area contributed by atoms with Crippen molar-refractivity contribution in [1.82, 2.24) is 15.1 Å². The highest BCUT2D eigenvalue weighted by Crippen LogP contribution is 2.19. The van der Waals surface area contributed by atoms with Crippen LogP contribution in [0.5, 0.6) is 0 Å².